The van der Waals surface area contributed by atoms with Crippen LogP contribution in [0.4, 0.5) is 10.6 Å². The number of aromatic nitrogens is 1. The maximum absolute atomic E-state index is 12.5. The first-order valence-corrected chi connectivity index (χ1v) is 9.40. The van der Waals surface area contributed by atoms with E-state index in [0.29, 0.717) is 13.1 Å². The summed E-state index contributed by atoms with van der Waals surface area (Å²) in [6.45, 7) is 13.3. The van der Waals surface area contributed by atoms with Crippen molar-refractivity contribution in [3.8, 4) is 0 Å². The first-order chi connectivity index (χ1) is 12.1. The summed E-state index contributed by atoms with van der Waals surface area (Å²) in [7, 11) is 1.71. The van der Waals surface area contributed by atoms with Crippen LogP contribution >= 0.6 is 0 Å². The second kappa shape index (κ2) is 6.72. The summed E-state index contributed by atoms with van der Waals surface area (Å²) >= 11 is 0. The summed E-state index contributed by atoms with van der Waals surface area (Å²) in [5.41, 5.74) is 2.95. The Labute approximate surface area is 156 Å². The molecule has 1 fully saturated rings. The van der Waals surface area contributed by atoms with E-state index in [4.69, 9.17) is 14.5 Å². The Hall–Kier alpha value is -1.82. The maximum atomic E-state index is 12.5. The quantitative estimate of drug-likeness (QED) is 0.807. The Balaban J connectivity index is 1.83. The van der Waals surface area contributed by atoms with E-state index in [1.807, 2.05) is 32.6 Å². The zero-order chi connectivity index (χ0) is 19.2. The first-order valence-electron chi connectivity index (χ1n) is 9.40. The number of carbonyl (C=O) groups is 1. The lowest BCUT2D eigenvalue weighted by molar-refractivity contribution is 0.0191. The third kappa shape index (κ3) is 3.52. The molecule has 2 aliphatic heterocycles. The van der Waals surface area contributed by atoms with Crippen LogP contribution in [0.5, 0.6) is 0 Å². The molecular formula is C20H31N3O3. The summed E-state index contributed by atoms with van der Waals surface area (Å²) in [6.07, 6.45) is 0.657. The molecule has 3 rings (SSSR count). The molecule has 0 saturated carbocycles. The van der Waals surface area contributed by atoms with E-state index in [0.717, 1.165) is 23.5 Å². The number of anilines is 1. The largest absolute Gasteiger partial charge is 0.444 e. The predicted octanol–water partition coefficient (Wildman–Crippen LogP) is 3.47. The van der Waals surface area contributed by atoms with Gasteiger partial charge < -0.3 is 19.3 Å². The highest BCUT2D eigenvalue weighted by atomic mass is 16.6. The molecule has 3 atom stereocenters. The number of ether oxygens (including phenoxy) is 2. The fourth-order valence-corrected chi connectivity index (χ4v) is 4.03. The van der Waals surface area contributed by atoms with Gasteiger partial charge in [-0.15, -0.1) is 0 Å². The van der Waals surface area contributed by atoms with Crippen molar-refractivity contribution in [1.29, 1.82) is 0 Å². The summed E-state index contributed by atoms with van der Waals surface area (Å²) in [6, 6.07) is 2.68. The SMILES string of the molecule is CO[C@@H](C)c1nc2c(cc1C)C[C@@H]1CN(C(=O)OC(C)(C)C)C[C@@H](C)N21. The van der Waals surface area contributed by atoms with Crippen LogP contribution < -0.4 is 4.90 Å². The Kier molecular flexibility index (Phi) is 4.90. The van der Waals surface area contributed by atoms with E-state index in [1.165, 1.54) is 5.56 Å². The molecule has 0 spiro atoms. The molecule has 1 amide bonds. The molecule has 6 nitrogen and oxygen atoms in total. The Bertz CT molecular complexity index is 698. The average molecular weight is 361 g/mol. The van der Waals surface area contributed by atoms with Crippen LogP contribution in [0, 0.1) is 6.92 Å². The smallest absolute Gasteiger partial charge is 0.410 e. The van der Waals surface area contributed by atoms with Gasteiger partial charge in [-0.3, -0.25) is 0 Å². The zero-order valence-corrected chi connectivity index (χ0v) is 17.0. The van der Waals surface area contributed by atoms with Crippen molar-refractivity contribution in [3.63, 3.8) is 0 Å². The minimum atomic E-state index is -0.472. The molecule has 26 heavy (non-hydrogen) atoms. The highest BCUT2D eigenvalue weighted by molar-refractivity contribution is 5.69. The second-order valence-electron chi connectivity index (χ2n) is 8.55. The topological polar surface area (TPSA) is 54.9 Å². The minimum absolute atomic E-state index is 0.0299. The highest BCUT2D eigenvalue weighted by Crippen LogP contribution is 2.37. The molecule has 3 heterocycles. The second-order valence-corrected chi connectivity index (χ2v) is 8.55. The summed E-state index contributed by atoms with van der Waals surface area (Å²) in [4.78, 5) is 21.7. The van der Waals surface area contributed by atoms with E-state index >= 15 is 0 Å². The fourth-order valence-electron chi connectivity index (χ4n) is 4.03. The third-order valence-corrected chi connectivity index (χ3v) is 5.18. The summed E-state index contributed by atoms with van der Waals surface area (Å²) in [5.74, 6) is 1.05. The van der Waals surface area contributed by atoms with Gasteiger partial charge in [-0.2, -0.15) is 0 Å². The van der Waals surface area contributed by atoms with Crippen molar-refractivity contribution in [1.82, 2.24) is 9.88 Å². The van der Waals surface area contributed by atoms with Gasteiger partial charge in [0.2, 0.25) is 0 Å². The zero-order valence-electron chi connectivity index (χ0n) is 17.0. The van der Waals surface area contributed by atoms with Gasteiger partial charge in [0.05, 0.1) is 17.8 Å². The number of fused-ring (bicyclic) bond motifs is 3. The first kappa shape index (κ1) is 19.0. The van der Waals surface area contributed by atoms with Crippen LogP contribution in [-0.4, -0.2) is 53.9 Å². The van der Waals surface area contributed by atoms with Crippen molar-refractivity contribution >= 4 is 11.9 Å². The van der Waals surface area contributed by atoms with E-state index < -0.39 is 5.60 Å². The van der Waals surface area contributed by atoms with Crippen LogP contribution in [0.25, 0.3) is 0 Å². The molecule has 144 valence electrons. The Morgan fingerprint density at radius 3 is 2.65 bits per heavy atom. The van der Waals surface area contributed by atoms with E-state index in [9.17, 15) is 4.79 Å². The van der Waals surface area contributed by atoms with Crippen molar-refractivity contribution in [2.45, 2.75) is 71.8 Å². The molecule has 0 bridgehead atoms. The lowest BCUT2D eigenvalue weighted by atomic mass is 10.0. The highest BCUT2D eigenvalue weighted by Gasteiger charge is 2.41. The van der Waals surface area contributed by atoms with E-state index in [-0.39, 0.29) is 24.3 Å². The number of hydrogen-bond acceptors (Lipinski definition) is 5. The lowest BCUT2D eigenvalue weighted by Crippen LogP contribution is -2.58. The number of amides is 1. The standard InChI is InChI=1S/C20H31N3O3/c1-12-8-15-9-16-11-22(19(24)26-20(4,5)6)10-13(2)23(16)18(15)21-17(12)14(3)25-7/h8,13-14,16H,9-11H2,1-7H3/t13-,14+,16-/m1/s1. The van der Waals surface area contributed by atoms with Crippen LogP contribution in [0.2, 0.25) is 0 Å². The van der Waals surface area contributed by atoms with Gasteiger partial charge in [-0.25, -0.2) is 9.78 Å². The van der Waals surface area contributed by atoms with Gasteiger partial charge in [0.1, 0.15) is 11.4 Å². The van der Waals surface area contributed by atoms with Crippen LogP contribution in [-0.2, 0) is 15.9 Å². The molecule has 0 unspecified atom stereocenters. The molecule has 1 aromatic heterocycles. The summed E-state index contributed by atoms with van der Waals surface area (Å²) in [5, 5.41) is 0. The maximum Gasteiger partial charge on any atom is 0.410 e. The molecule has 1 aromatic rings. The molecule has 0 N–H and O–H groups in total. The Morgan fingerprint density at radius 2 is 2.04 bits per heavy atom. The number of pyridine rings is 1. The van der Waals surface area contributed by atoms with Gasteiger partial charge in [0.15, 0.2) is 0 Å². The van der Waals surface area contributed by atoms with Gasteiger partial charge >= 0.3 is 6.09 Å². The van der Waals surface area contributed by atoms with Gasteiger partial charge in [0, 0.05) is 26.2 Å². The molecule has 0 aliphatic carbocycles. The third-order valence-electron chi connectivity index (χ3n) is 5.18. The molecular weight excluding hydrogens is 330 g/mol. The van der Waals surface area contributed by atoms with Crippen LogP contribution in [0.3, 0.4) is 0 Å². The van der Waals surface area contributed by atoms with Crippen LogP contribution in [0.15, 0.2) is 6.07 Å². The van der Waals surface area contributed by atoms with Gasteiger partial charge in [-0.1, -0.05) is 6.07 Å². The molecule has 2 aliphatic rings. The minimum Gasteiger partial charge on any atom is -0.444 e. The number of rotatable bonds is 2. The molecule has 0 radical (unpaired) electrons. The fraction of sp³-hybridized carbons (Fsp3) is 0.700. The Morgan fingerprint density at radius 1 is 1.35 bits per heavy atom. The van der Waals surface area contributed by atoms with Gasteiger partial charge in [-0.05, 0) is 59.1 Å². The predicted molar refractivity (Wildman–Crippen MR) is 102 cm³/mol. The number of hydrogen-bond donors (Lipinski definition) is 0. The summed E-state index contributed by atoms with van der Waals surface area (Å²) < 4.78 is 11.1. The van der Waals surface area contributed by atoms with E-state index in [1.54, 1.807) is 7.11 Å². The number of carbonyl (C=O) groups excluding carboxylic acids is 1. The van der Waals surface area contributed by atoms with E-state index in [2.05, 4.69) is 24.8 Å². The average Bonchev–Trinajstić information content (AvgIpc) is 2.89. The number of methoxy groups -OCH3 is 1. The monoisotopic (exact) mass is 361 g/mol. The molecule has 0 aromatic carbocycles. The van der Waals surface area contributed by atoms with Crippen molar-refractivity contribution < 1.29 is 14.3 Å². The normalized spacial score (nSPS) is 23.5. The van der Waals surface area contributed by atoms with Crippen molar-refractivity contribution in [2.75, 3.05) is 25.1 Å². The van der Waals surface area contributed by atoms with Gasteiger partial charge in [0.25, 0.3) is 0 Å². The lowest BCUT2D eigenvalue weighted by Gasteiger charge is -2.43. The molecule has 1 saturated heterocycles. The van der Waals surface area contributed by atoms with Crippen molar-refractivity contribution in [2.24, 2.45) is 0 Å². The van der Waals surface area contributed by atoms with Crippen LogP contribution in [0.1, 0.15) is 57.5 Å². The van der Waals surface area contributed by atoms with Crippen molar-refractivity contribution in [3.05, 3.63) is 22.9 Å². The number of aryl methyl sites for hydroxylation is 1. The molecule has 6 heteroatoms. The number of nitrogens with zero attached hydrogens (tertiary/aromatic N) is 3. The number of piperazine rings is 1.